The number of benzene rings is 3. The van der Waals surface area contributed by atoms with Crippen LogP contribution in [-0.4, -0.2) is 10.5 Å². The number of amides is 1. The van der Waals surface area contributed by atoms with Crippen LogP contribution in [0.2, 0.25) is 5.02 Å². The van der Waals surface area contributed by atoms with Crippen molar-refractivity contribution >= 4 is 49.8 Å². The van der Waals surface area contributed by atoms with Crippen LogP contribution in [0.3, 0.4) is 0 Å². The average Bonchev–Trinajstić information content (AvgIpc) is 2.92. The highest BCUT2D eigenvalue weighted by molar-refractivity contribution is 7.17. The van der Waals surface area contributed by atoms with Crippen molar-refractivity contribution in [3.05, 3.63) is 76.1 Å². The zero-order valence-electron chi connectivity index (χ0n) is 12.9. The second-order valence-electron chi connectivity index (χ2n) is 5.48. The van der Waals surface area contributed by atoms with Gasteiger partial charge >= 0.3 is 0 Å². The molecular formula is C19H13ClN2OS. The van der Waals surface area contributed by atoms with Crippen molar-refractivity contribution in [1.82, 2.24) is 4.57 Å². The SMILES string of the molecule is Cn1c(=NC(=O)c2ccccc2Cl)sc2c3ccccc3ccc21. The maximum absolute atomic E-state index is 12.5. The predicted molar refractivity (Wildman–Crippen MR) is 99.6 cm³/mol. The quantitative estimate of drug-likeness (QED) is 0.485. The smallest absolute Gasteiger partial charge is 0.281 e. The van der Waals surface area contributed by atoms with Crippen molar-refractivity contribution in [2.45, 2.75) is 0 Å². The van der Waals surface area contributed by atoms with E-state index < -0.39 is 0 Å². The number of aromatic nitrogens is 1. The maximum Gasteiger partial charge on any atom is 0.281 e. The van der Waals surface area contributed by atoms with E-state index in [0.717, 1.165) is 10.2 Å². The summed E-state index contributed by atoms with van der Waals surface area (Å²) in [7, 11) is 1.92. The number of halogens is 1. The second kappa shape index (κ2) is 5.89. The van der Waals surface area contributed by atoms with Gasteiger partial charge in [-0.3, -0.25) is 4.79 Å². The fourth-order valence-electron chi connectivity index (χ4n) is 2.75. The van der Waals surface area contributed by atoms with Crippen LogP contribution in [-0.2, 0) is 7.05 Å². The molecule has 0 atom stereocenters. The number of thiazole rings is 1. The zero-order valence-corrected chi connectivity index (χ0v) is 14.4. The molecule has 118 valence electrons. The fraction of sp³-hybridized carbons (Fsp3) is 0.0526. The molecule has 0 bridgehead atoms. The van der Waals surface area contributed by atoms with E-state index in [0.29, 0.717) is 15.4 Å². The maximum atomic E-state index is 12.5. The summed E-state index contributed by atoms with van der Waals surface area (Å²) >= 11 is 7.61. The second-order valence-corrected chi connectivity index (χ2v) is 6.86. The molecule has 5 heteroatoms. The Hall–Kier alpha value is -2.43. The third-order valence-electron chi connectivity index (χ3n) is 4.00. The van der Waals surface area contributed by atoms with Gasteiger partial charge < -0.3 is 4.57 Å². The molecule has 1 heterocycles. The van der Waals surface area contributed by atoms with Crippen molar-refractivity contribution in [2.24, 2.45) is 12.0 Å². The Morgan fingerprint density at radius 1 is 1.04 bits per heavy atom. The molecule has 0 aliphatic rings. The predicted octanol–water partition coefficient (Wildman–Crippen LogP) is 4.79. The van der Waals surface area contributed by atoms with Gasteiger partial charge in [-0.25, -0.2) is 0 Å². The van der Waals surface area contributed by atoms with E-state index in [-0.39, 0.29) is 5.91 Å². The number of hydrogen-bond acceptors (Lipinski definition) is 2. The molecule has 0 fully saturated rings. The molecule has 4 rings (SSSR count). The molecule has 24 heavy (non-hydrogen) atoms. The molecule has 0 unspecified atom stereocenters. The van der Waals surface area contributed by atoms with Gasteiger partial charge in [-0.2, -0.15) is 4.99 Å². The van der Waals surface area contributed by atoms with Gasteiger partial charge in [0.2, 0.25) is 0 Å². The monoisotopic (exact) mass is 352 g/mol. The van der Waals surface area contributed by atoms with Crippen molar-refractivity contribution in [3.63, 3.8) is 0 Å². The van der Waals surface area contributed by atoms with Gasteiger partial charge in [0, 0.05) is 12.4 Å². The molecular weight excluding hydrogens is 340 g/mol. The van der Waals surface area contributed by atoms with Crippen LogP contribution in [0.1, 0.15) is 10.4 Å². The van der Waals surface area contributed by atoms with Gasteiger partial charge in [-0.1, -0.05) is 65.4 Å². The normalized spacial score (nSPS) is 12.2. The Morgan fingerprint density at radius 2 is 1.79 bits per heavy atom. The van der Waals surface area contributed by atoms with E-state index in [1.54, 1.807) is 24.3 Å². The lowest BCUT2D eigenvalue weighted by atomic mass is 10.1. The minimum Gasteiger partial charge on any atom is -0.319 e. The first-order valence-corrected chi connectivity index (χ1v) is 8.65. The molecule has 3 aromatic carbocycles. The van der Waals surface area contributed by atoms with Crippen molar-refractivity contribution in [3.8, 4) is 0 Å². The molecule has 0 radical (unpaired) electrons. The first kappa shape index (κ1) is 15.1. The summed E-state index contributed by atoms with van der Waals surface area (Å²) in [5.74, 6) is -0.327. The summed E-state index contributed by atoms with van der Waals surface area (Å²) in [5.41, 5.74) is 1.48. The van der Waals surface area contributed by atoms with Gasteiger partial charge in [0.15, 0.2) is 4.80 Å². The van der Waals surface area contributed by atoms with Gasteiger partial charge in [0.25, 0.3) is 5.91 Å². The van der Waals surface area contributed by atoms with E-state index in [9.17, 15) is 4.79 Å². The Balaban J connectivity index is 1.94. The van der Waals surface area contributed by atoms with Crippen molar-refractivity contribution in [2.75, 3.05) is 0 Å². The zero-order chi connectivity index (χ0) is 16.7. The highest BCUT2D eigenvalue weighted by atomic mass is 35.5. The Kier molecular flexibility index (Phi) is 3.71. The number of carbonyl (C=O) groups excluding carboxylic acids is 1. The molecule has 0 N–H and O–H groups in total. The van der Waals surface area contributed by atoms with E-state index >= 15 is 0 Å². The van der Waals surface area contributed by atoms with E-state index in [1.807, 2.05) is 23.7 Å². The molecule has 0 aliphatic carbocycles. The van der Waals surface area contributed by atoms with Crippen LogP contribution < -0.4 is 4.80 Å². The van der Waals surface area contributed by atoms with Crippen LogP contribution in [0.25, 0.3) is 21.0 Å². The number of carbonyl (C=O) groups is 1. The third kappa shape index (κ3) is 2.44. The first-order chi connectivity index (χ1) is 11.6. The number of fused-ring (bicyclic) bond motifs is 3. The average molecular weight is 353 g/mol. The summed E-state index contributed by atoms with van der Waals surface area (Å²) in [4.78, 5) is 17.4. The van der Waals surface area contributed by atoms with Crippen molar-refractivity contribution in [1.29, 1.82) is 0 Å². The van der Waals surface area contributed by atoms with Gasteiger partial charge in [-0.15, -0.1) is 0 Å². The number of aryl methyl sites for hydroxylation is 1. The summed E-state index contributed by atoms with van der Waals surface area (Å²) < 4.78 is 3.07. The summed E-state index contributed by atoms with van der Waals surface area (Å²) in [5, 5.41) is 2.76. The summed E-state index contributed by atoms with van der Waals surface area (Å²) in [6, 6.07) is 19.3. The molecule has 1 aromatic heterocycles. The molecule has 0 saturated heterocycles. The van der Waals surface area contributed by atoms with Gasteiger partial charge in [0.1, 0.15) is 0 Å². The van der Waals surface area contributed by atoms with Crippen LogP contribution in [0.4, 0.5) is 0 Å². The summed E-state index contributed by atoms with van der Waals surface area (Å²) in [6.45, 7) is 0. The van der Waals surface area contributed by atoms with E-state index in [2.05, 4.69) is 29.3 Å². The number of hydrogen-bond donors (Lipinski definition) is 0. The van der Waals surface area contributed by atoms with Crippen LogP contribution in [0.5, 0.6) is 0 Å². The lowest BCUT2D eigenvalue weighted by molar-refractivity contribution is 0.0998. The van der Waals surface area contributed by atoms with Crippen LogP contribution in [0.15, 0.2) is 65.7 Å². The molecule has 0 spiro atoms. The molecule has 4 aromatic rings. The third-order valence-corrected chi connectivity index (χ3v) is 5.51. The Bertz CT molecular complexity index is 1160. The Morgan fingerprint density at radius 3 is 2.62 bits per heavy atom. The molecule has 0 aliphatic heterocycles. The lowest BCUT2D eigenvalue weighted by Gasteiger charge is -2.00. The highest BCUT2D eigenvalue weighted by Crippen LogP contribution is 2.27. The molecule has 1 amide bonds. The number of nitrogens with zero attached hydrogens (tertiary/aromatic N) is 2. The van der Waals surface area contributed by atoms with E-state index in [1.165, 1.54) is 22.1 Å². The molecule has 0 saturated carbocycles. The minimum absolute atomic E-state index is 0.327. The van der Waals surface area contributed by atoms with E-state index in [4.69, 9.17) is 11.6 Å². The van der Waals surface area contributed by atoms with Crippen molar-refractivity contribution < 1.29 is 4.79 Å². The standard InChI is InChI=1S/C19H13ClN2OS/c1-22-16-11-10-12-6-2-3-7-13(12)17(16)24-19(22)21-18(23)14-8-4-5-9-15(14)20/h2-11H,1H3. The largest absolute Gasteiger partial charge is 0.319 e. The van der Waals surface area contributed by atoms with Crippen LogP contribution >= 0.6 is 22.9 Å². The number of rotatable bonds is 1. The minimum atomic E-state index is -0.327. The highest BCUT2D eigenvalue weighted by Gasteiger charge is 2.11. The summed E-state index contributed by atoms with van der Waals surface area (Å²) in [6.07, 6.45) is 0. The van der Waals surface area contributed by atoms with Crippen LogP contribution in [0, 0.1) is 0 Å². The fourth-order valence-corrected chi connectivity index (χ4v) is 4.11. The Labute approximate surface area is 147 Å². The van der Waals surface area contributed by atoms with Gasteiger partial charge in [0.05, 0.1) is 20.8 Å². The lowest BCUT2D eigenvalue weighted by Crippen LogP contribution is -2.13. The first-order valence-electron chi connectivity index (χ1n) is 7.46. The van der Waals surface area contributed by atoms with Gasteiger partial charge in [-0.05, 0) is 23.6 Å². The molecule has 3 nitrogen and oxygen atoms in total. The topological polar surface area (TPSA) is 34.4 Å².